The van der Waals surface area contributed by atoms with Gasteiger partial charge in [0, 0.05) is 11.3 Å². The van der Waals surface area contributed by atoms with Crippen LogP contribution in [-0.4, -0.2) is 20.0 Å². The van der Waals surface area contributed by atoms with Gasteiger partial charge in [-0.25, -0.2) is 0 Å². The highest BCUT2D eigenvalue weighted by Gasteiger charge is 2.57. The van der Waals surface area contributed by atoms with Crippen LogP contribution in [0.1, 0.15) is 92.9 Å². The van der Waals surface area contributed by atoms with Crippen molar-refractivity contribution < 1.29 is 13.9 Å². The topological polar surface area (TPSA) is 86.4 Å². The van der Waals surface area contributed by atoms with Crippen LogP contribution in [0.4, 0.5) is 0 Å². The lowest BCUT2D eigenvalue weighted by atomic mass is 9.47. The molecule has 3 N–H and O–H groups in total. The van der Waals surface area contributed by atoms with Crippen LogP contribution in [0.2, 0.25) is 0 Å². The maximum absolute atomic E-state index is 10.2. The van der Waals surface area contributed by atoms with Crippen LogP contribution in [-0.2, 0) is 11.3 Å². The molecular formula is C28H48NO3S-. The van der Waals surface area contributed by atoms with Gasteiger partial charge in [0.05, 0.1) is 6.10 Å². The van der Waals surface area contributed by atoms with E-state index in [4.69, 9.17) is 8.76 Å². The second-order valence-corrected chi connectivity index (χ2v) is 13.0. The molecule has 4 rings (SSSR count). The highest BCUT2D eigenvalue weighted by Crippen LogP contribution is 2.66. The predicted octanol–water partition coefficient (Wildman–Crippen LogP) is 6.15. The minimum Gasteiger partial charge on any atom is -0.760 e. The number of allylic oxidation sites excluding steroid dienone is 4. The van der Waals surface area contributed by atoms with Gasteiger partial charge in [0.2, 0.25) is 0 Å². The van der Waals surface area contributed by atoms with Crippen LogP contribution in [0.25, 0.3) is 0 Å². The van der Waals surface area contributed by atoms with Crippen LogP contribution in [0.15, 0.2) is 23.8 Å². The molecule has 3 saturated carbocycles. The van der Waals surface area contributed by atoms with Crippen molar-refractivity contribution in [2.45, 2.75) is 99.0 Å². The number of nitrogens with two attached hydrogens (primary N) is 1. The van der Waals surface area contributed by atoms with Crippen LogP contribution < -0.4 is 5.14 Å². The molecule has 0 saturated heterocycles. The van der Waals surface area contributed by atoms with E-state index in [0.29, 0.717) is 28.6 Å². The number of aliphatic hydroxyl groups is 1. The molecule has 0 aromatic rings. The zero-order valence-electron chi connectivity index (χ0n) is 21.8. The second kappa shape index (κ2) is 10.6. The molecule has 4 nitrogen and oxygen atoms in total. The number of fused-ring (bicyclic) bond motifs is 5. The van der Waals surface area contributed by atoms with Crippen molar-refractivity contribution >= 4 is 11.3 Å². The van der Waals surface area contributed by atoms with E-state index >= 15 is 0 Å². The zero-order valence-corrected chi connectivity index (χ0v) is 22.6. The summed E-state index contributed by atoms with van der Waals surface area (Å²) in [5, 5.41) is 14.3. The Morgan fingerprint density at radius 2 is 1.67 bits per heavy atom. The Morgan fingerprint density at radius 1 is 1.06 bits per heavy atom. The van der Waals surface area contributed by atoms with E-state index in [2.05, 4.69) is 64.9 Å². The maximum Gasteiger partial charge on any atom is 0.0543 e. The molecule has 0 radical (unpaired) electrons. The minimum absolute atomic E-state index is 0.0476. The highest BCUT2D eigenvalue weighted by atomic mass is 32.2. The van der Waals surface area contributed by atoms with Crippen molar-refractivity contribution in [3.63, 3.8) is 0 Å². The van der Waals surface area contributed by atoms with Gasteiger partial charge in [-0.05, 0) is 104 Å². The summed E-state index contributed by atoms with van der Waals surface area (Å²) < 4.78 is 17.6. The monoisotopic (exact) mass is 478 g/mol. The first kappa shape index (κ1) is 27.1. The van der Waals surface area contributed by atoms with Crippen molar-refractivity contribution in [3.05, 3.63) is 23.8 Å². The molecule has 10 atom stereocenters. The number of hydrogen-bond donors (Lipinski definition) is 2. The standard InChI is InChI=1S/C28H46O.H3NO2S/c1-18(2)19(3)7-8-20(4)24-11-12-25-23-10-9-21-17-22(29)13-15-27(21,5)26(23)14-16-28(24,25)6;1-4(2)3/h7-8,10,18-22,24-26,29H,9,11-17H2,1-6H3;1H2,(H,2,3)/p-1/b8-7+;/t19-,20+,21?,22-,24+,25-,26-,27-,28+;/m0./s1. The fraction of sp³-hybridized carbons (Fsp3) is 0.857. The lowest BCUT2D eigenvalue weighted by molar-refractivity contribution is -0.0414. The fourth-order valence-corrected chi connectivity index (χ4v) is 8.10. The Balaban J connectivity index is 0.000000709. The molecule has 4 aliphatic rings. The number of hydrogen-bond acceptors (Lipinski definition) is 3. The third-order valence-electron chi connectivity index (χ3n) is 10.5. The number of aliphatic hydroxyl groups excluding tert-OH is 1. The van der Waals surface area contributed by atoms with E-state index < -0.39 is 11.3 Å². The van der Waals surface area contributed by atoms with Crippen LogP contribution in [0.5, 0.6) is 0 Å². The van der Waals surface area contributed by atoms with E-state index in [9.17, 15) is 5.11 Å². The highest BCUT2D eigenvalue weighted by molar-refractivity contribution is 7.76. The summed E-state index contributed by atoms with van der Waals surface area (Å²) in [6, 6.07) is 0. The van der Waals surface area contributed by atoms with Gasteiger partial charge in [-0.2, -0.15) is 0 Å². The van der Waals surface area contributed by atoms with E-state index in [1.54, 1.807) is 0 Å². The Bertz CT molecular complexity index is 760. The van der Waals surface area contributed by atoms with Crippen LogP contribution in [0.3, 0.4) is 0 Å². The van der Waals surface area contributed by atoms with E-state index in [1.807, 2.05) is 5.57 Å². The lowest BCUT2D eigenvalue weighted by Crippen LogP contribution is -2.49. The molecule has 4 aliphatic carbocycles. The third kappa shape index (κ3) is 5.52. The normalized spacial score (nSPS) is 43.0. The second-order valence-electron chi connectivity index (χ2n) is 12.5. The Labute approximate surface area is 205 Å². The first-order chi connectivity index (χ1) is 15.4. The third-order valence-corrected chi connectivity index (χ3v) is 10.5. The summed E-state index contributed by atoms with van der Waals surface area (Å²) in [4.78, 5) is 0. The summed E-state index contributed by atoms with van der Waals surface area (Å²) in [5.74, 6) is 5.25. The molecule has 0 amide bonds. The summed E-state index contributed by atoms with van der Waals surface area (Å²) in [7, 11) is 0. The first-order valence-corrected chi connectivity index (χ1v) is 14.4. The quantitative estimate of drug-likeness (QED) is 0.375. The minimum atomic E-state index is -2.36. The molecule has 190 valence electrons. The van der Waals surface area contributed by atoms with E-state index in [0.717, 1.165) is 36.5 Å². The van der Waals surface area contributed by atoms with Gasteiger partial charge in [-0.15, -0.1) is 0 Å². The Hall–Kier alpha value is -0.490. The molecule has 0 aliphatic heterocycles. The summed E-state index contributed by atoms with van der Waals surface area (Å²) in [5.41, 5.74) is 2.79. The lowest BCUT2D eigenvalue weighted by Gasteiger charge is -2.57. The van der Waals surface area contributed by atoms with Crippen molar-refractivity contribution in [1.29, 1.82) is 0 Å². The molecule has 33 heavy (non-hydrogen) atoms. The Kier molecular flexibility index (Phi) is 8.74. The largest absolute Gasteiger partial charge is 0.760 e. The van der Waals surface area contributed by atoms with Gasteiger partial charge in [-0.1, -0.05) is 65.3 Å². The van der Waals surface area contributed by atoms with E-state index in [1.165, 1.54) is 38.5 Å². The smallest absolute Gasteiger partial charge is 0.0543 e. The fourth-order valence-electron chi connectivity index (χ4n) is 8.10. The van der Waals surface area contributed by atoms with Crippen molar-refractivity contribution in [2.75, 3.05) is 0 Å². The number of rotatable bonds is 4. The summed E-state index contributed by atoms with van der Waals surface area (Å²) >= 11 is -2.36. The SMILES string of the molecule is CC(C)[C@@H](C)/C=C/[C@@H](C)[C@H]1CC[C@H]2C3=CCC4C[C@@H](O)CC[C@]4(C)[C@H]3CC[C@]12C.NS(=O)[O-]. The molecule has 0 bridgehead atoms. The van der Waals surface area contributed by atoms with Gasteiger partial charge in [0.25, 0.3) is 0 Å². The van der Waals surface area contributed by atoms with Crippen molar-refractivity contribution in [2.24, 2.45) is 57.4 Å². The predicted molar refractivity (Wildman–Crippen MR) is 137 cm³/mol. The molecule has 3 fully saturated rings. The zero-order chi connectivity index (χ0) is 24.6. The Morgan fingerprint density at radius 3 is 2.30 bits per heavy atom. The molecule has 2 unspecified atom stereocenters. The van der Waals surface area contributed by atoms with Gasteiger partial charge >= 0.3 is 0 Å². The average molecular weight is 479 g/mol. The van der Waals surface area contributed by atoms with Crippen LogP contribution >= 0.6 is 0 Å². The first-order valence-electron chi connectivity index (χ1n) is 13.3. The molecule has 0 aromatic heterocycles. The molecule has 0 heterocycles. The summed E-state index contributed by atoms with van der Waals surface area (Å²) in [6.45, 7) is 14.7. The molecular weight excluding hydrogens is 430 g/mol. The van der Waals surface area contributed by atoms with Gasteiger partial charge < -0.3 is 9.66 Å². The van der Waals surface area contributed by atoms with Gasteiger partial charge in [-0.3, -0.25) is 9.35 Å². The van der Waals surface area contributed by atoms with E-state index in [-0.39, 0.29) is 6.10 Å². The van der Waals surface area contributed by atoms with Gasteiger partial charge in [0.1, 0.15) is 0 Å². The molecule has 5 heteroatoms. The van der Waals surface area contributed by atoms with Crippen molar-refractivity contribution in [3.8, 4) is 0 Å². The summed E-state index contributed by atoms with van der Waals surface area (Å²) in [6.07, 6.45) is 17.8. The molecule has 0 aromatic carbocycles. The molecule has 0 spiro atoms. The maximum atomic E-state index is 10.2. The van der Waals surface area contributed by atoms with Crippen molar-refractivity contribution in [1.82, 2.24) is 0 Å². The van der Waals surface area contributed by atoms with Crippen LogP contribution in [0, 0.1) is 52.3 Å². The average Bonchev–Trinajstić information content (AvgIpc) is 3.09. The van der Waals surface area contributed by atoms with Gasteiger partial charge in [0.15, 0.2) is 0 Å².